The fourth-order valence-electron chi connectivity index (χ4n) is 1.74. The summed E-state index contributed by atoms with van der Waals surface area (Å²) in [7, 11) is 0. The van der Waals surface area contributed by atoms with Crippen molar-refractivity contribution in [1.29, 1.82) is 0 Å². The summed E-state index contributed by atoms with van der Waals surface area (Å²) in [6.07, 6.45) is 0.890. The summed E-state index contributed by atoms with van der Waals surface area (Å²) in [6, 6.07) is 5.39. The highest BCUT2D eigenvalue weighted by molar-refractivity contribution is 9.09. The molecule has 1 atom stereocenters. The van der Waals surface area contributed by atoms with Gasteiger partial charge in [0.15, 0.2) is 11.5 Å². The van der Waals surface area contributed by atoms with Crippen LogP contribution in [0.2, 0.25) is 0 Å². The number of ether oxygens (including phenoxy) is 2. The van der Waals surface area contributed by atoms with Gasteiger partial charge < -0.3 is 14.8 Å². The third kappa shape index (κ3) is 5.04. The van der Waals surface area contributed by atoms with Crippen molar-refractivity contribution in [1.82, 2.24) is 5.32 Å². The Hall–Kier alpha value is -1.23. The molecule has 0 saturated carbocycles. The van der Waals surface area contributed by atoms with Crippen LogP contribution < -0.4 is 14.8 Å². The summed E-state index contributed by atoms with van der Waals surface area (Å²) in [6.45, 7) is 6.90. The molecule has 0 heterocycles. The van der Waals surface area contributed by atoms with E-state index in [0.29, 0.717) is 30.3 Å². The largest absolute Gasteiger partial charge is 0.490 e. The molecule has 5 heteroatoms. The zero-order chi connectivity index (χ0) is 15.0. The lowest BCUT2D eigenvalue weighted by Gasteiger charge is -2.15. The maximum atomic E-state index is 12.1. The van der Waals surface area contributed by atoms with Gasteiger partial charge >= 0.3 is 0 Å². The SMILES string of the molecule is CCOc1ccc(C(=O)NC(C)CCBr)cc1OCC. The minimum atomic E-state index is -0.0950. The molecule has 0 radical (unpaired) electrons. The van der Waals surface area contributed by atoms with E-state index in [4.69, 9.17) is 9.47 Å². The molecule has 0 aromatic heterocycles. The van der Waals surface area contributed by atoms with Crippen LogP contribution in [-0.4, -0.2) is 30.5 Å². The fraction of sp³-hybridized carbons (Fsp3) is 0.533. The minimum absolute atomic E-state index is 0.0950. The Morgan fingerprint density at radius 2 is 1.90 bits per heavy atom. The summed E-state index contributed by atoms with van der Waals surface area (Å²) < 4.78 is 11.0. The van der Waals surface area contributed by atoms with Gasteiger partial charge in [0, 0.05) is 16.9 Å². The van der Waals surface area contributed by atoms with Crippen LogP contribution >= 0.6 is 15.9 Å². The van der Waals surface area contributed by atoms with Crippen molar-refractivity contribution in [3.63, 3.8) is 0 Å². The highest BCUT2D eigenvalue weighted by Gasteiger charge is 2.13. The predicted octanol–water partition coefficient (Wildman–Crippen LogP) is 3.39. The number of halogens is 1. The Kier molecular flexibility index (Phi) is 7.44. The number of nitrogens with one attached hydrogen (secondary N) is 1. The highest BCUT2D eigenvalue weighted by atomic mass is 79.9. The van der Waals surface area contributed by atoms with Gasteiger partial charge in [-0.25, -0.2) is 0 Å². The second-order valence-corrected chi connectivity index (χ2v) is 5.17. The molecule has 0 spiro atoms. The fourth-order valence-corrected chi connectivity index (χ4v) is 2.42. The quantitative estimate of drug-likeness (QED) is 0.736. The van der Waals surface area contributed by atoms with Crippen LogP contribution in [0.1, 0.15) is 37.6 Å². The monoisotopic (exact) mass is 343 g/mol. The summed E-state index contributed by atoms with van der Waals surface area (Å²) in [4.78, 5) is 12.1. The normalized spacial score (nSPS) is 11.8. The molecule has 1 aromatic carbocycles. The molecular weight excluding hydrogens is 322 g/mol. The van der Waals surface area contributed by atoms with E-state index >= 15 is 0 Å². The van der Waals surface area contributed by atoms with Crippen molar-refractivity contribution in [2.45, 2.75) is 33.2 Å². The number of carbonyl (C=O) groups is 1. The molecule has 0 aliphatic rings. The van der Waals surface area contributed by atoms with Crippen molar-refractivity contribution < 1.29 is 14.3 Å². The third-order valence-electron chi connectivity index (χ3n) is 2.73. The van der Waals surface area contributed by atoms with Crippen molar-refractivity contribution in [2.24, 2.45) is 0 Å². The highest BCUT2D eigenvalue weighted by Crippen LogP contribution is 2.28. The number of amides is 1. The van der Waals surface area contributed by atoms with Gasteiger partial charge in [-0.05, 0) is 45.4 Å². The maximum Gasteiger partial charge on any atom is 0.251 e. The van der Waals surface area contributed by atoms with Crippen molar-refractivity contribution >= 4 is 21.8 Å². The van der Waals surface area contributed by atoms with E-state index in [2.05, 4.69) is 21.2 Å². The lowest BCUT2D eigenvalue weighted by Crippen LogP contribution is -2.32. The van der Waals surface area contributed by atoms with Crippen LogP contribution in [0.4, 0.5) is 0 Å². The Balaban J connectivity index is 2.84. The molecule has 0 aliphatic carbocycles. The molecule has 1 aromatic rings. The predicted molar refractivity (Wildman–Crippen MR) is 84.1 cm³/mol. The average molecular weight is 344 g/mol. The van der Waals surface area contributed by atoms with E-state index in [9.17, 15) is 4.79 Å². The first-order chi connectivity index (χ1) is 9.62. The Morgan fingerprint density at radius 3 is 2.50 bits per heavy atom. The molecule has 1 unspecified atom stereocenters. The van der Waals surface area contributed by atoms with Gasteiger partial charge in [-0.2, -0.15) is 0 Å². The second-order valence-electron chi connectivity index (χ2n) is 4.38. The zero-order valence-electron chi connectivity index (χ0n) is 12.2. The summed E-state index contributed by atoms with van der Waals surface area (Å²) in [5.74, 6) is 1.18. The third-order valence-corrected chi connectivity index (χ3v) is 3.18. The van der Waals surface area contributed by atoms with Crippen molar-refractivity contribution in [3.05, 3.63) is 23.8 Å². The Bertz CT molecular complexity index is 437. The number of rotatable bonds is 8. The molecular formula is C15H22BrNO3. The smallest absolute Gasteiger partial charge is 0.251 e. The molecule has 0 bridgehead atoms. The van der Waals surface area contributed by atoms with Gasteiger partial charge in [-0.3, -0.25) is 4.79 Å². The topological polar surface area (TPSA) is 47.6 Å². The van der Waals surface area contributed by atoms with Crippen LogP contribution in [0.15, 0.2) is 18.2 Å². The molecule has 0 fully saturated rings. The Labute approximate surface area is 129 Å². The molecule has 20 heavy (non-hydrogen) atoms. The van der Waals surface area contributed by atoms with E-state index in [1.807, 2.05) is 20.8 Å². The van der Waals surface area contributed by atoms with E-state index < -0.39 is 0 Å². The summed E-state index contributed by atoms with van der Waals surface area (Å²) in [5, 5.41) is 3.82. The van der Waals surface area contributed by atoms with Crippen LogP contribution in [0.25, 0.3) is 0 Å². The lowest BCUT2D eigenvalue weighted by atomic mass is 10.1. The van der Waals surface area contributed by atoms with Crippen LogP contribution in [0, 0.1) is 0 Å². The number of alkyl halides is 1. The number of hydrogen-bond acceptors (Lipinski definition) is 3. The van der Waals surface area contributed by atoms with Crippen LogP contribution in [0.5, 0.6) is 11.5 Å². The van der Waals surface area contributed by atoms with Gasteiger partial charge in [-0.1, -0.05) is 15.9 Å². The van der Waals surface area contributed by atoms with E-state index in [0.717, 1.165) is 11.8 Å². The molecule has 0 saturated heterocycles. The van der Waals surface area contributed by atoms with Crippen molar-refractivity contribution in [3.8, 4) is 11.5 Å². The molecule has 0 aliphatic heterocycles. The molecule has 1 rings (SSSR count). The zero-order valence-corrected chi connectivity index (χ0v) is 13.8. The Morgan fingerprint density at radius 1 is 1.25 bits per heavy atom. The molecule has 1 amide bonds. The van der Waals surface area contributed by atoms with Crippen LogP contribution in [0.3, 0.4) is 0 Å². The summed E-state index contributed by atoms with van der Waals surface area (Å²) >= 11 is 3.37. The first-order valence-electron chi connectivity index (χ1n) is 6.88. The molecule has 1 N–H and O–H groups in total. The van der Waals surface area contributed by atoms with Gasteiger partial charge in [-0.15, -0.1) is 0 Å². The average Bonchev–Trinajstić information content (AvgIpc) is 2.41. The van der Waals surface area contributed by atoms with E-state index in [1.54, 1.807) is 18.2 Å². The van der Waals surface area contributed by atoms with E-state index in [-0.39, 0.29) is 11.9 Å². The first-order valence-corrected chi connectivity index (χ1v) is 8.00. The van der Waals surface area contributed by atoms with Crippen LogP contribution in [-0.2, 0) is 0 Å². The minimum Gasteiger partial charge on any atom is -0.490 e. The lowest BCUT2D eigenvalue weighted by molar-refractivity contribution is 0.0939. The van der Waals surface area contributed by atoms with Gasteiger partial charge in [0.1, 0.15) is 0 Å². The van der Waals surface area contributed by atoms with Gasteiger partial charge in [0.2, 0.25) is 0 Å². The van der Waals surface area contributed by atoms with Gasteiger partial charge in [0.25, 0.3) is 5.91 Å². The van der Waals surface area contributed by atoms with E-state index in [1.165, 1.54) is 0 Å². The molecule has 112 valence electrons. The summed E-state index contributed by atoms with van der Waals surface area (Å²) in [5.41, 5.74) is 0.582. The molecule has 4 nitrogen and oxygen atoms in total. The first kappa shape index (κ1) is 16.8. The number of benzene rings is 1. The number of carbonyl (C=O) groups excluding carboxylic acids is 1. The van der Waals surface area contributed by atoms with Gasteiger partial charge in [0.05, 0.1) is 13.2 Å². The number of hydrogen-bond donors (Lipinski definition) is 1. The standard InChI is InChI=1S/C15H22BrNO3/c1-4-19-13-7-6-12(10-14(13)20-5-2)15(18)17-11(3)8-9-16/h6-7,10-11H,4-5,8-9H2,1-3H3,(H,17,18). The maximum absolute atomic E-state index is 12.1. The second kappa shape index (κ2) is 8.84. The van der Waals surface area contributed by atoms with Crippen molar-refractivity contribution in [2.75, 3.05) is 18.5 Å².